The number of nitrogens with zero attached hydrogens (tertiary/aromatic N) is 2. The van der Waals surface area contributed by atoms with E-state index in [2.05, 4.69) is 20.9 Å². The van der Waals surface area contributed by atoms with Crippen LogP contribution in [0.3, 0.4) is 0 Å². The van der Waals surface area contributed by atoms with Gasteiger partial charge in [-0.05, 0) is 36.4 Å². The van der Waals surface area contributed by atoms with Gasteiger partial charge in [-0.3, -0.25) is 4.79 Å². The molecular weight excluding hydrogens is 324 g/mol. The van der Waals surface area contributed by atoms with Crippen molar-refractivity contribution in [2.75, 3.05) is 11.9 Å². The highest BCUT2D eigenvalue weighted by Crippen LogP contribution is 2.19. The van der Waals surface area contributed by atoms with Gasteiger partial charge < -0.3 is 10.0 Å². The number of hydrogen-bond donors (Lipinski definition) is 1. The molecule has 0 aliphatic heterocycles. The van der Waals surface area contributed by atoms with Crippen LogP contribution in [0.4, 0.5) is 5.69 Å². The smallest absolute Gasteiger partial charge is 0.354 e. The maximum Gasteiger partial charge on any atom is 0.354 e. The lowest BCUT2D eigenvalue weighted by Gasteiger charge is -2.17. The average molecular weight is 335 g/mol. The predicted molar refractivity (Wildman–Crippen MR) is 78.1 cm³/mol. The maximum atomic E-state index is 12.3. The average Bonchev–Trinajstić information content (AvgIpc) is 2.46. The van der Waals surface area contributed by atoms with Gasteiger partial charge in [0.15, 0.2) is 0 Å². The minimum absolute atomic E-state index is 0.153. The number of rotatable bonds is 3. The molecule has 0 saturated carbocycles. The molecule has 0 spiro atoms. The quantitative estimate of drug-likeness (QED) is 0.936. The van der Waals surface area contributed by atoms with E-state index in [4.69, 9.17) is 5.11 Å². The van der Waals surface area contributed by atoms with E-state index in [1.165, 1.54) is 23.2 Å². The van der Waals surface area contributed by atoms with Crippen molar-refractivity contribution in [1.82, 2.24) is 4.98 Å². The number of carbonyl (C=O) groups is 2. The summed E-state index contributed by atoms with van der Waals surface area (Å²) in [5.74, 6) is -1.46. The van der Waals surface area contributed by atoms with Crippen LogP contribution in [0, 0.1) is 0 Å². The van der Waals surface area contributed by atoms with Gasteiger partial charge in [0.25, 0.3) is 5.91 Å². The van der Waals surface area contributed by atoms with Crippen LogP contribution in [-0.4, -0.2) is 29.0 Å². The molecular formula is C14H11BrN2O3. The van der Waals surface area contributed by atoms with Crippen molar-refractivity contribution >= 4 is 33.5 Å². The van der Waals surface area contributed by atoms with Crippen LogP contribution >= 0.6 is 15.9 Å². The molecule has 2 rings (SSSR count). The van der Waals surface area contributed by atoms with Crippen molar-refractivity contribution in [3.05, 3.63) is 58.3 Å². The third-order valence-corrected chi connectivity index (χ3v) is 3.27. The molecule has 0 atom stereocenters. The zero-order chi connectivity index (χ0) is 14.7. The lowest BCUT2D eigenvalue weighted by molar-refractivity contribution is 0.0690. The molecule has 2 aromatic rings. The zero-order valence-corrected chi connectivity index (χ0v) is 12.2. The van der Waals surface area contributed by atoms with E-state index in [-0.39, 0.29) is 17.2 Å². The number of benzene rings is 1. The number of carboxylic acid groups (broad SMARTS) is 1. The Morgan fingerprint density at radius 1 is 1.20 bits per heavy atom. The first kappa shape index (κ1) is 14.2. The van der Waals surface area contributed by atoms with Gasteiger partial charge in [0.05, 0.1) is 0 Å². The number of anilines is 1. The molecule has 0 bridgehead atoms. The number of aromatic carboxylic acids is 1. The van der Waals surface area contributed by atoms with Crippen LogP contribution in [0.15, 0.2) is 47.1 Å². The second kappa shape index (κ2) is 5.83. The monoisotopic (exact) mass is 334 g/mol. The van der Waals surface area contributed by atoms with Crippen molar-refractivity contribution in [1.29, 1.82) is 0 Å². The number of amides is 1. The Labute approximate surface area is 124 Å². The van der Waals surface area contributed by atoms with E-state index in [0.717, 1.165) is 4.47 Å². The number of carboxylic acids is 1. The molecule has 1 N–H and O–H groups in total. The summed E-state index contributed by atoms with van der Waals surface area (Å²) in [6, 6.07) is 10.00. The van der Waals surface area contributed by atoms with Gasteiger partial charge in [0, 0.05) is 29.0 Å². The SMILES string of the molecule is CN(C(=O)c1ccnc(C(=O)O)c1)c1ccc(Br)cc1. The molecule has 5 nitrogen and oxygen atoms in total. The third-order valence-electron chi connectivity index (χ3n) is 2.74. The maximum absolute atomic E-state index is 12.3. The molecule has 0 aliphatic carbocycles. The Balaban J connectivity index is 2.28. The number of halogens is 1. The molecule has 102 valence electrons. The normalized spacial score (nSPS) is 10.1. The first-order valence-electron chi connectivity index (χ1n) is 5.72. The predicted octanol–water partition coefficient (Wildman–Crippen LogP) is 2.82. The minimum Gasteiger partial charge on any atom is -0.477 e. The van der Waals surface area contributed by atoms with Crippen LogP contribution in [0.1, 0.15) is 20.8 Å². The van der Waals surface area contributed by atoms with Gasteiger partial charge in [0.1, 0.15) is 5.69 Å². The highest BCUT2D eigenvalue weighted by atomic mass is 79.9. The Hall–Kier alpha value is -2.21. The molecule has 1 aromatic heterocycles. The number of aromatic nitrogens is 1. The summed E-state index contributed by atoms with van der Waals surface area (Å²) < 4.78 is 0.916. The summed E-state index contributed by atoms with van der Waals surface area (Å²) in [6.45, 7) is 0. The van der Waals surface area contributed by atoms with Crippen LogP contribution in [0.2, 0.25) is 0 Å². The Kier molecular flexibility index (Phi) is 4.14. The summed E-state index contributed by atoms with van der Waals surface area (Å²) in [5, 5.41) is 8.88. The lowest BCUT2D eigenvalue weighted by atomic mass is 10.2. The van der Waals surface area contributed by atoms with E-state index in [9.17, 15) is 9.59 Å². The summed E-state index contributed by atoms with van der Waals surface area (Å²) in [5.41, 5.74) is 0.842. The highest BCUT2D eigenvalue weighted by Gasteiger charge is 2.15. The van der Waals surface area contributed by atoms with Crippen LogP contribution in [0.5, 0.6) is 0 Å². The molecule has 1 amide bonds. The van der Waals surface area contributed by atoms with Gasteiger partial charge in [-0.15, -0.1) is 0 Å². The largest absolute Gasteiger partial charge is 0.477 e. The van der Waals surface area contributed by atoms with Crippen LogP contribution < -0.4 is 4.90 Å². The Bertz CT molecular complexity index is 656. The van der Waals surface area contributed by atoms with Crippen LogP contribution in [-0.2, 0) is 0 Å². The second-order valence-electron chi connectivity index (χ2n) is 4.08. The molecule has 0 radical (unpaired) electrons. The summed E-state index contributed by atoms with van der Waals surface area (Å²) >= 11 is 3.33. The number of hydrogen-bond acceptors (Lipinski definition) is 3. The first-order chi connectivity index (χ1) is 9.49. The number of pyridine rings is 1. The van der Waals surface area contributed by atoms with E-state index >= 15 is 0 Å². The Morgan fingerprint density at radius 3 is 2.45 bits per heavy atom. The molecule has 0 unspecified atom stereocenters. The van der Waals surface area contributed by atoms with Crippen molar-refractivity contribution in [2.24, 2.45) is 0 Å². The molecule has 0 fully saturated rings. The highest BCUT2D eigenvalue weighted by molar-refractivity contribution is 9.10. The molecule has 20 heavy (non-hydrogen) atoms. The van der Waals surface area contributed by atoms with Gasteiger partial charge >= 0.3 is 5.97 Å². The van der Waals surface area contributed by atoms with Crippen molar-refractivity contribution in [3.8, 4) is 0 Å². The van der Waals surface area contributed by atoms with Gasteiger partial charge in [-0.2, -0.15) is 0 Å². The summed E-state index contributed by atoms with van der Waals surface area (Å²) in [6.07, 6.45) is 1.31. The Morgan fingerprint density at radius 2 is 1.85 bits per heavy atom. The second-order valence-corrected chi connectivity index (χ2v) is 4.99. The minimum atomic E-state index is -1.16. The lowest BCUT2D eigenvalue weighted by Crippen LogP contribution is -2.26. The molecule has 1 aromatic carbocycles. The van der Waals surface area contributed by atoms with E-state index in [1.807, 2.05) is 12.1 Å². The summed E-state index contributed by atoms with van der Waals surface area (Å²) in [4.78, 5) is 28.3. The third kappa shape index (κ3) is 3.03. The fourth-order valence-corrected chi connectivity index (χ4v) is 1.92. The topological polar surface area (TPSA) is 70.5 Å². The fourth-order valence-electron chi connectivity index (χ4n) is 1.66. The van der Waals surface area contributed by atoms with Crippen LogP contribution in [0.25, 0.3) is 0 Å². The summed E-state index contributed by atoms with van der Waals surface area (Å²) in [7, 11) is 1.63. The molecule has 6 heteroatoms. The van der Waals surface area contributed by atoms with Crippen molar-refractivity contribution in [2.45, 2.75) is 0 Å². The van der Waals surface area contributed by atoms with E-state index in [1.54, 1.807) is 19.2 Å². The van der Waals surface area contributed by atoms with E-state index in [0.29, 0.717) is 5.69 Å². The molecule has 0 saturated heterocycles. The molecule has 0 aliphatic rings. The van der Waals surface area contributed by atoms with Crippen molar-refractivity contribution < 1.29 is 14.7 Å². The van der Waals surface area contributed by atoms with E-state index < -0.39 is 5.97 Å². The standard InChI is InChI=1S/C14H11BrN2O3/c1-17(11-4-2-10(15)3-5-11)13(18)9-6-7-16-12(8-9)14(19)20/h2-8H,1H3,(H,19,20). The van der Waals surface area contributed by atoms with Gasteiger partial charge in [-0.25, -0.2) is 9.78 Å². The number of carbonyl (C=O) groups excluding carboxylic acids is 1. The first-order valence-corrected chi connectivity index (χ1v) is 6.51. The molecule has 1 heterocycles. The van der Waals surface area contributed by atoms with Gasteiger partial charge in [0.2, 0.25) is 0 Å². The van der Waals surface area contributed by atoms with Crippen molar-refractivity contribution in [3.63, 3.8) is 0 Å². The van der Waals surface area contributed by atoms with Gasteiger partial charge in [-0.1, -0.05) is 15.9 Å². The zero-order valence-electron chi connectivity index (χ0n) is 10.6. The fraction of sp³-hybridized carbons (Fsp3) is 0.0714.